The van der Waals surface area contributed by atoms with E-state index in [1.807, 2.05) is 30.6 Å². The van der Waals surface area contributed by atoms with Crippen LogP contribution < -0.4 is 21.5 Å². The fraction of sp³-hybridized carbons (Fsp3) is 0.440. The molecule has 3 atom stereocenters. The Morgan fingerprint density at radius 1 is 1.21 bits per heavy atom. The third-order valence-corrected chi connectivity index (χ3v) is 7.09. The lowest BCUT2D eigenvalue weighted by Gasteiger charge is -2.25. The van der Waals surface area contributed by atoms with E-state index in [2.05, 4.69) is 10.2 Å². The van der Waals surface area contributed by atoms with Gasteiger partial charge in [0.05, 0.1) is 0 Å². The maximum Gasteiger partial charge on any atom is 0.333 e. The van der Waals surface area contributed by atoms with E-state index in [9.17, 15) is 14.4 Å². The van der Waals surface area contributed by atoms with E-state index in [1.165, 1.54) is 4.57 Å². The monoisotopic (exact) mass is 462 g/mol. The van der Waals surface area contributed by atoms with Crippen LogP contribution in [0, 0.1) is 5.92 Å². The Balaban J connectivity index is 1.77. The second-order valence-electron chi connectivity index (χ2n) is 9.45. The molecule has 9 nitrogen and oxygen atoms in total. The molecule has 178 valence electrons. The lowest BCUT2D eigenvalue weighted by molar-refractivity contribution is -0.109. The van der Waals surface area contributed by atoms with Gasteiger partial charge in [0.2, 0.25) is 5.95 Å². The number of aryl methyl sites for hydroxylation is 1. The van der Waals surface area contributed by atoms with Gasteiger partial charge < -0.3 is 19.6 Å². The maximum atomic E-state index is 13.9. The predicted octanol–water partition coefficient (Wildman–Crippen LogP) is 1.45. The van der Waals surface area contributed by atoms with Gasteiger partial charge >= 0.3 is 5.69 Å². The molecule has 0 spiro atoms. The highest BCUT2D eigenvalue weighted by molar-refractivity contribution is 5.75. The molecule has 0 amide bonds. The molecule has 5 rings (SSSR count). The van der Waals surface area contributed by atoms with Gasteiger partial charge in [0.1, 0.15) is 12.3 Å². The fourth-order valence-electron chi connectivity index (χ4n) is 5.27. The van der Waals surface area contributed by atoms with Crippen LogP contribution in [0.3, 0.4) is 0 Å². The number of carbonyl (C=O) groups excluding carboxylic acids is 1. The van der Waals surface area contributed by atoms with Crippen molar-refractivity contribution in [1.82, 2.24) is 24.0 Å². The van der Waals surface area contributed by atoms with Crippen LogP contribution in [-0.4, -0.2) is 50.6 Å². The number of allylic oxidation sites excluding steroid dienone is 2. The number of imidazole rings is 1. The zero-order chi connectivity index (χ0) is 24.0. The Morgan fingerprint density at radius 3 is 2.68 bits per heavy atom. The van der Waals surface area contributed by atoms with Crippen molar-refractivity contribution in [1.29, 1.82) is 0 Å². The number of rotatable bonds is 6. The van der Waals surface area contributed by atoms with Crippen molar-refractivity contribution in [2.45, 2.75) is 38.9 Å². The van der Waals surface area contributed by atoms with Gasteiger partial charge in [0, 0.05) is 39.3 Å². The normalized spacial score (nSPS) is 20.5. The molecule has 9 heteroatoms. The Hall–Kier alpha value is -3.46. The molecule has 3 unspecified atom stereocenters. The number of anilines is 1. The molecular formula is C25H30N6O3. The van der Waals surface area contributed by atoms with Crippen LogP contribution >= 0.6 is 0 Å². The number of carbonyl (C=O) groups is 1. The quantitative estimate of drug-likeness (QED) is 0.440. The van der Waals surface area contributed by atoms with Gasteiger partial charge in [0.15, 0.2) is 11.2 Å². The average molecular weight is 463 g/mol. The molecule has 2 fully saturated rings. The molecule has 4 heterocycles. The summed E-state index contributed by atoms with van der Waals surface area (Å²) in [5.41, 5.74) is 1.34. The van der Waals surface area contributed by atoms with E-state index >= 15 is 0 Å². The molecule has 1 aromatic carbocycles. The first-order valence-corrected chi connectivity index (χ1v) is 11.7. The minimum absolute atomic E-state index is 0.313. The number of nitrogens with one attached hydrogen (secondary N) is 1. The van der Waals surface area contributed by atoms with Gasteiger partial charge in [0.25, 0.3) is 5.56 Å². The zero-order valence-electron chi connectivity index (χ0n) is 19.8. The second kappa shape index (κ2) is 8.72. The Kier molecular flexibility index (Phi) is 5.73. The van der Waals surface area contributed by atoms with Crippen molar-refractivity contribution in [3.8, 4) is 0 Å². The summed E-state index contributed by atoms with van der Waals surface area (Å²) in [5.74, 6) is 1.26. The van der Waals surface area contributed by atoms with E-state index in [1.54, 1.807) is 31.3 Å². The molecule has 0 radical (unpaired) electrons. The molecular weight excluding hydrogens is 432 g/mol. The second-order valence-corrected chi connectivity index (χ2v) is 9.45. The summed E-state index contributed by atoms with van der Waals surface area (Å²) in [5, 5.41) is 3.46. The molecule has 2 aliphatic heterocycles. The number of aldehydes is 1. The molecule has 2 saturated heterocycles. The smallest absolute Gasteiger partial charge is 0.333 e. The minimum atomic E-state index is -1.01. The number of fused-ring (bicyclic) bond motifs is 2. The van der Waals surface area contributed by atoms with E-state index in [4.69, 9.17) is 4.98 Å². The number of hydrogen-bond donors (Lipinski definition) is 1. The van der Waals surface area contributed by atoms with Gasteiger partial charge in [-0.2, -0.15) is 4.98 Å². The molecule has 2 aromatic heterocycles. The summed E-state index contributed by atoms with van der Waals surface area (Å²) in [4.78, 5) is 46.5. The molecule has 3 aromatic rings. The van der Waals surface area contributed by atoms with Gasteiger partial charge in [-0.1, -0.05) is 42.0 Å². The summed E-state index contributed by atoms with van der Waals surface area (Å²) < 4.78 is 4.35. The number of benzene rings is 1. The third-order valence-electron chi connectivity index (χ3n) is 7.09. The van der Waals surface area contributed by atoms with Crippen LogP contribution in [0.4, 0.5) is 5.95 Å². The van der Waals surface area contributed by atoms with Crippen molar-refractivity contribution in [2.24, 2.45) is 13.0 Å². The molecule has 0 saturated carbocycles. The van der Waals surface area contributed by atoms with Crippen LogP contribution in [0.2, 0.25) is 0 Å². The van der Waals surface area contributed by atoms with Crippen molar-refractivity contribution in [3.05, 3.63) is 68.4 Å². The summed E-state index contributed by atoms with van der Waals surface area (Å²) in [7, 11) is 1.61. The van der Waals surface area contributed by atoms with Crippen LogP contribution in [0.1, 0.15) is 31.9 Å². The van der Waals surface area contributed by atoms with Gasteiger partial charge in [-0.25, -0.2) is 9.36 Å². The van der Waals surface area contributed by atoms with Crippen molar-refractivity contribution in [2.75, 3.05) is 24.5 Å². The SMILES string of the molecule is CC(C)=CCn1c(N2CCC3CNCC32)nc2c1c(=O)n(C(C=O)c1ccccc1)c(=O)n2C. The van der Waals surface area contributed by atoms with Crippen LogP contribution in [-0.2, 0) is 18.4 Å². The topological polar surface area (TPSA) is 94.2 Å². The summed E-state index contributed by atoms with van der Waals surface area (Å²) in [6.07, 6.45) is 3.76. The predicted molar refractivity (Wildman–Crippen MR) is 131 cm³/mol. The third kappa shape index (κ3) is 3.51. The number of aromatic nitrogens is 4. The molecule has 1 N–H and O–H groups in total. The van der Waals surface area contributed by atoms with Gasteiger partial charge in [-0.3, -0.25) is 9.36 Å². The molecule has 0 aliphatic carbocycles. The zero-order valence-corrected chi connectivity index (χ0v) is 19.8. The first-order chi connectivity index (χ1) is 16.4. The fourth-order valence-corrected chi connectivity index (χ4v) is 5.27. The summed E-state index contributed by atoms with van der Waals surface area (Å²) >= 11 is 0. The lowest BCUT2D eigenvalue weighted by atomic mass is 10.1. The molecule has 0 bridgehead atoms. The highest BCUT2D eigenvalue weighted by Crippen LogP contribution is 2.33. The van der Waals surface area contributed by atoms with Crippen LogP contribution in [0.25, 0.3) is 11.2 Å². The van der Waals surface area contributed by atoms with E-state index in [-0.39, 0.29) is 0 Å². The number of nitrogens with zero attached hydrogens (tertiary/aromatic N) is 5. The van der Waals surface area contributed by atoms with Crippen molar-refractivity contribution < 1.29 is 4.79 Å². The Morgan fingerprint density at radius 2 is 1.97 bits per heavy atom. The Labute approximate surface area is 197 Å². The van der Waals surface area contributed by atoms with Crippen LogP contribution in [0.5, 0.6) is 0 Å². The van der Waals surface area contributed by atoms with Gasteiger partial charge in [-0.05, 0) is 31.7 Å². The Bertz CT molecular complexity index is 1380. The van der Waals surface area contributed by atoms with Crippen molar-refractivity contribution >= 4 is 23.4 Å². The van der Waals surface area contributed by atoms with Crippen LogP contribution in [0.15, 0.2) is 51.6 Å². The van der Waals surface area contributed by atoms with E-state index < -0.39 is 17.3 Å². The first kappa shape index (κ1) is 22.3. The maximum absolute atomic E-state index is 13.9. The number of hydrogen-bond acceptors (Lipinski definition) is 6. The minimum Gasteiger partial charge on any atom is -0.338 e. The molecule has 34 heavy (non-hydrogen) atoms. The molecule has 2 aliphatic rings. The summed E-state index contributed by atoms with van der Waals surface area (Å²) in [6.45, 7) is 7.20. The largest absolute Gasteiger partial charge is 0.338 e. The average Bonchev–Trinajstić information content (AvgIpc) is 3.54. The standard InChI is InChI=1S/C25H30N6O3/c1-16(2)9-11-30-21-22(27-24(30)29-12-10-18-13-26-14-19(18)29)28(3)25(34)31(23(21)33)20(15-32)17-7-5-4-6-8-17/h4-9,15,18-20,26H,10-14H2,1-3H3. The lowest BCUT2D eigenvalue weighted by Crippen LogP contribution is -2.43. The van der Waals surface area contributed by atoms with Gasteiger partial charge in [-0.15, -0.1) is 0 Å². The highest BCUT2D eigenvalue weighted by Gasteiger charge is 2.40. The first-order valence-electron chi connectivity index (χ1n) is 11.7. The highest BCUT2D eigenvalue weighted by atomic mass is 16.2. The van der Waals surface area contributed by atoms with E-state index in [0.29, 0.717) is 47.5 Å². The summed E-state index contributed by atoms with van der Waals surface area (Å²) in [6, 6.07) is 8.21. The van der Waals surface area contributed by atoms with E-state index in [0.717, 1.165) is 36.2 Å². The van der Waals surface area contributed by atoms with Crippen molar-refractivity contribution in [3.63, 3.8) is 0 Å².